The maximum Gasteiger partial charge on any atom is 0.265 e. The molecule has 4 rings (SSSR count). The Morgan fingerprint density at radius 2 is 1.97 bits per heavy atom. The minimum atomic E-state index is -0.635. The van der Waals surface area contributed by atoms with Crippen molar-refractivity contribution in [2.45, 2.75) is 58.6 Å². The molecule has 0 spiro atoms. The van der Waals surface area contributed by atoms with Gasteiger partial charge in [0.2, 0.25) is 0 Å². The molecular weight excluding hydrogens is 378 g/mol. The van der Waals surface area contributed by atoms with Crippen LogP contribution in [0.2, 0.25) is 0 Å². The first kappa shape index (κ1) is 20.1. The fourth-order valence-electron chi connectivity index (χ4n) is 3.39. The molecule has 0 radical (unpaired) electrons. The number of rotatable bonds is 7. The van der Waals surface area contributed by atoms with Gasteiger partial charge in [-0.25, -0.2) is 4.68 Å². The summed E-state index contributed by atoms with van der Waals surface area (Å²) in [6.07, 6.45) is 1.56. The summed E-state index contributed by atoms with van der Waals surface area (Å²) in [5.41, 5.74) is 3.75. The predicted molar refractivity (Wildman–Crippen MR) is 116 cm³/mol. The van der Waals surface area contributed by atoms with E-state index < -0.39 is 6.10 Å². The van der Waals surface area contributed by atoms with Crippen molar-refractivity contribution in [2.75, 3.05) is 5.32 Å². The molecular formula is C23H27N5O2. The molecule has 1 amide bonds. The molecule has 7 heteroatoms. The molecule has 7 nitrogen and oxygen atoms in total. The number of amides is 1. The molecule has 1 aromatic heterocycles. The normalized spacial score (nSPS) is 14.6. The standard InChI is InChI=1S/C23H27N5O2/c1-14(2)20-11-8-15(3)12-21(20)30-16(4)23(29)24-18-7-5-6-17(13-18)22-25-26-27-28(22)19-9-10-19/h5-8,11-14,16,19H,9-10H2,1-4H3,(H,24,29). The lowest BCUT2D eigenvalue weighted by Crippen LogP contribution is -2.30. The predicted octanol–water partition coefficient (Wildman–Crippen LogP) is 4.51. The summed E-state index contributed by atoms with van der Waals surface area (Å²) in [7, 11) is 0. The van der Waals surface area contributed by atoms with Gasteiger partial charge in [-0.3, -0.25) is 4.79 Å². The smallest absolute Gasteiger partial charge is 0.265 e. The average Bonchev–Trinajstić information content (AvgIpc) is 3.44. The van der Waals surface area contributed by atoms with E-state index in [-0.39, 0.29) is 5.91 Å². The number of carbonyl (C=O) groups is 1. The highest BCUT2D eigenvalue weighted by Gasteiger charge is 2.28. The lowest BCUT2D eigenvalue weighted by molar-refractivity contribution is -0.122. The van der Waals surface area contributed by atoms with Crippen LogP contribution in [0, 0.1) is 6.92 Å². The second-order valence-electron chi connectivity index (χ2n) is 8.20. The van der Waals surface area contributed by atoms with E-state index >= 15 is 0 Å². The van der Waals surface area contributed by atoms with Crippen LogP contribution in [0.5, 0.6) is 5.75 Å². The van der Waals surface area contributed by atoms with Crippen molar-refractivity contribution in [1.29, 1.82) is 0 Å². The molecule has 1 heterocycles. The number of hydrogen-bond donors (Lipinski definition) is 1. The number of nitrogens with one attached hydrogen (secondary N) is 1. The monoisotopic (exact) mass is 405 g/mol. The van der Waals surface area contributed by atoms with Crippen molar-refractivity contribution in [3.8, 4) is 17.1 Å². The van der Waals surface area contributed by atoms with Crippen LogP contribution >= 0.6 is 0 Å². The highest BCUT2D eigenvalue weighted by atomic mass is 16.5. The zero-order valence-electron chi connectivity index (χ0n) is 17.8. The molecule has 1 fully saturated rings. The van der Waals surface area contributed by atoms with E-state index in [4.69, 9.17) is 4.74 Å². The molecule has 1 unspecified atom stereocenters. The summed E-state index contributed by atoms with van der Waals surface area (Å²) in [4.78, 5) is 12.8. The van der Waals surface area contributed by atoms with Crippen LogP contribution in [0.25, 0.3) is 11.4 Å². The molecule has 1 saturated carbocycles. The van der Waals surface area contributed by atoms with E-state index in [0.717, 1.165) is 41.1 Å². The van der Waals surface area contributed by atoms with Gasteiger partial charge < -0.3 is 10.1 Å². The minimum Gasteiger partial charge on any atom is -0.481 e. The van der Waals surface area contributed by atoms with Gasteiger partial charge in [0.05, 0.1) is 6.04 Å². The first-order valence-electron chi connectivity index (χ1n) is 10.4. The summed E-state index contributed by atoms with van der Waals surface area (Å²) in [6, 6.07) is 14.1. The van der Waals surface area contributed by atoms with Crippen LogP contribution in [0.1, 0.15) is 56.7 Å². The minimum absolute atomic E-state index is 0.204. The number of tetrazole rings is 1. The first-order valence-corrected chi connectivity index (χ1v) is 10.4. The third-order valence-electron chi connectivity index (χ3n) is 5.24. The number of carbonyl (C=O) groups excluding carboxylic acids is 1. The fraction of sp³-hybridized carbons (Fsp3) is 0.391. The van der Waals surface area contributed by atoms with Gasteiger partial charge >= 0.3 is 0 Å². The Hall–Kier alpha value is -3.22. The van der Waals surface area contributed by atoms with Gasteiger partial charge in [-0.1, -0.05) is 38.1 Å². The lowest BCUT2D eigenvalue weighted by Gasteiger charge is -2.19. The molecule has 3 aromatic rings. The number of nitrogens with zero attached hydrogens (tertiary/aromatic N) is 4. The van der Waals surface area contributed by atoms with Gasteiger partial charge in [0.15, 0.2) is 11.9 Å². The van der Waals surface area contributed by atoms with Crippen LogP contribution in [0.3, 0.4) is 0 Å². The molecule has 156 valence electrons. The summed E-state index contributed by atoms with van der Waals surface area (Å²) in [6.45, 7) is 8.01. The van der Waals surface area contributed by atoms with E-state index in [2.05, 4.69) is 46.8 Å². The van der Waals surface area contributed by atoms with Crippen LogP contribution in [-0.2, 0) is 4.79 Å². The molecule has 0 saturated heterocycles. The van der Waals surface area contributed by atoms with Gasteiger partial charge in [-0.15, -0.1) is 5.10 Å². The first-order chi connectivity index (χ1) is 14.4. The van der Waals surface area contributed by atoms with Gasteiger partial charge in [0, 0.05) is 11.3 Å². The van der Waals surface area contributed by atoms with E-state index in [1.165, 1.54) is 0 Å². The van der Waals surface area contributed by atoms with Gasteiger partial charge in [-0.2, -0.15) is 0 Å². The summed E-state index contributed by atoms with van der Waals surface area (Å²) in [5, 5.41) is 15.0. The van der Waals surface area contributed by atoms with Crippen molar-refractivity contribution in [3.05, 3.63) is 53.6 Å². The molecule has 1 N–H and O–H groups in total. The maximum atomic E-state index is 12.8. The van der Waals surface area contributed by atoms with Crippen molar-refractivity contribution in [3.63, 3.8) is 0 Å². The largest absolute Gasteiger partial charge is 0.481 e. The van der Waals surface area contributed by atoms with Crippen LogP contribution in [-0.4, -0.2) is 32.2 Å². The Balaban J connectivity index is 1.48. The van der Waals surface area contributed by atoms with Crippen LogP contribution < -0.4 is 10.1 Å². The fourth-order valence-corrected chi connectivity index (χ4v) is 3.39. The second kappa shape index (κ2) is 8.26. The average molecular weight is 406 g/mol. The molecule has 1 atom stereocenters. The Morgan fingerprint density at radius 3 is 2.70 bits per heavy atom. The van der Waals surface area contributed by atoms with Crippen molar-refractivity contribution < 1.29 is 9.53 Å². The van der Waals surface area contributed by atoms with E-state index in [1.807, 2.05) is 41.9 Å². The molecule has 0 aliphatic heterocycles. The summed E-state index contributed by atoms with van der Waals surface area (Å²) in [5.74, 6) is 1.58. The number of hydrogen-bond acceptors (Lipinski definition) is 5. The molecule has 1 aliphatic carbocycles. The van der Waals surface area contributed by atoms with Gasteiger partial charge in [0.25, 0.3) is 5.91 Å². The quantitative estimate of drug-likeness (QED) is 0.625. The van der Waals surface area contributed by atoms with Crippen molar-refractivity contribution >= 4 is 11.6 Å². The molecule has 1 aliphatic rings. The second-order valence-corrected chi connectivity index (χ2v) is 8.20. The van der Waals surface area contributed by atoms with Crippen molar-refractivity contribution in [1.82, 2.24) is 20.2 Å². The van der Waals surface area contributed by atoms with Crippen LogP contribution in [0.15, 0.2) is 42.5 Å². The lowest BCUT2D eigenvalue weighted by atomic mass is 10.0. The summed E-state index contributed by atoms with van der Waals surface area (Å²) >= 11 is 0. The number of benzene rings is 2. The Morgan fingerprint density at radius 1 is 1.17 bits per heavy atom. The number of ether oxygens (including phenoxy) is 1. The Labute approximate surface area is 176 Å². The van der Waals surface area contributed by atoms with E-state index in [1.54, 1.807) is 6.92 Å². The SMILES string of the molecule is Cc1ccc(C(C)C)c(OC(C)C(=O)Nc2cccc(-c3nnnn3C3CC3)c2)c1. The number of aromatic nitrogens is 4. The Bertz CT molecular complexity index is 1060. The van der Waals surface area contributed by atoms with E-state index in [0.29, 0.717) is 17.6 Å². The zero-order valence-corrected chi connectivity index (χ0v) is 17.8. The highest BCUT2D eigenvalue weighted by Crippen LogP contribution is 2.36. The third-order valence-corrected chi connectivity index (χ3v) is 5.24. The third kappa shape index (κ3) is 4.35. The highest BCUT2D eigenvalue weighted by molar-refractivity contribution is 5.94. The number of anilines is 1. The van der Waals surface area contributed by atoms with Crippen molar-refractivity contribution in [2.24, 2.45) is 0 Å². The van der Waals surface area contributed by atoms with Gasteiger partial charge in [-0.05, 0) is 72.4 Å². The van der Waals surface area contributed by atoms with E-state index in [9.17, 15) is 4.79 Å². The van der Waals surface area contributed by atoms with Crippen LogP contribution in [0.4, 0.5) is 5.69 Å². The number of aryl methyl sites for hydroxylation is 1. The van der Waals surface area contributed by atoms with Gasteiger partial charge in [0.1, 0.15) is 5.75 Å². The maximum absolute atomic E-state index is 12.8. The summed E-state index contributed by atoms with van der Waals surface area (Å²) < 4.78 is 7.89. The topological polar surface area (TPSA) is 81.9 Å². The molecule has 2 aromatic carbocycles. The molecule has 30 heavy (non-hydrogen) atoms. The zero-order chi connectivity index (χ0) is 21.3. The molecule has 0 bridgehead atoms. The Kier molecular flexibility index (Phi) is 5.53.